The van der Waals surface area contributed by atoms with Crippen molar-refractivity contribution in [2.45, 2.75) is 24.3 Å². The highest BCUT2D eigenvalue weighted by Crippen LogP contribution is 2.29. The van der Waals surface area contributed by atoms with E-state index < -0.39 is 9.84 Å². The largest absolute Gasteiger partial charge is 0.379 e. The normalized spacial score (nSPS) is 35.1. The average molecular weight is 273 g/mol. The number of nitrogens with zero attached hydrogens (tertiary/aromatic N) is 2. The molecule has 0 saturated carbocycles. The Morgan fingerprint density at radius 1 is 1.33 bits per heavy atom. The first kappa shape index (κ1) is 12.1. The number of sulfone groups is 1. The Hall–Kier alpha value is -0.990. The second-order valence-corrected chi connectivity index (χ2v) is 7.13. The first-order chi connectivity index (χ1) is 8.55. The van der Waals surface area contributed by atoms with Crippen molar-refractivity contribution in [3.8, 4) is 0 Å². The van der Waals surface area contributed by atoms with Gasteiger partial charge in [-0.25, -0.2) is 8.42 Å². The minimum absolute atomic E-state index is 0.0794. The summed E-state index contributed by atoms with van der Waals surface area (Å²) in [6.45, 7) is 0.964. The summed E-state index contributed by atoms with van der Waals surface area (Å²) in [4.78, 5) is 4.29. The first-order valence-corrected chi connectivity index (χ1v) is 7.74. The molecule has 2 aliphatic rings. The molecule has 8 heteroatoms. The van der Waals surface area contributed by atoms with Crippen molar-refractivity contribution in [3.63, 3.8) is 0 Å². The van der Waals surface area contributed by atoms with Gasteiger partial charge in [0.15, 0.2) is 15.7 Å². The molecule has 0 aromatic carbocycles. The van der Waals surface area contributed by atoms with E-state index in [2.05, 4.69) is 10.1 Å². The van der Waals surface area contributed by atoms with Crippen molar-refractivity contribution in [1.82, 2.24) is 10.1 Å². The monoisotopic (exact) mass is 273 g/mol. The molecule has 0 radical (unpaired) electrons. The Bertz CT molecular complexity index is 541. The van der Waals surface area contributed by atoms with Gasteiger partial charge in [-0.1, -0.05) is 5.16 Å². The van der Waals surface area contributed by atoms with E-state index in [4.69, 9.17) is 15.0 Å². The smallest absolute Gasteiger partial charge is 0.233 e. The van der Waals surface area contributed by atoms with E-state index in [0.717, 1.165) is 0 Å². The van der Waals surface area contributed by atoms with E-state index in [1.165, 1.54) is 0 Å². The molecule has 1 aromatic rings. The minimum atomic E-state index is -2.94. The lowest BCUT2D eigenvalue weighted by Crippen LogP contribution is -2.27. The zero-order valence-corrected chi connectivity index (χ0v) is 10.6. The highest BCUT2D eigenvalue weighted by molar-refractivity contribution is 7.91. The van der Waals surface area contributed by atoms with E-state index in [1.807, 2.05) is 0 Å². The Morgan fingerprint density at radius 3 is 2.78 bits per heavy atom. The lowest BCUT2D eigenvalue weighted by Gasteiger charge is -2.06. The molecule has 3 heterocycles. The molecule has 0 spiro atoms. The molecule has 0 aliphatic carbocycles. The van der Waals surface area contributed by atoms with Crippen molar-refractivity contribution in [3.05, 3.63) is 11.7 Å². The van der Waals surface area contributed by atoms with Crippen LogP contribution in [0.2, 0.25) is 0 Å². The van der Waals surface area contributed by atoms with Crippen LogP contribution in [0, 0.1) is 0 Å². The Labute approximate surface area is 105 Å². The van der Waals surface area contributed by atoms with Gasteiger partial charge in [-0.3, -0.25) is 0 Å². The van der Waals surface area contributed by atoms with E-state index >= 15 is 0 Å². The van der Waals surface area contributed by atoms with E-state index in [-0.39, 0.29) is 29.4 Å². The van der Waals surface area contributed by atoms with Crippen LogP contribution in [0.1, 0.15) is 30.0 Å². The maximum absolute atomic E-state index is 11.4. The summed E-state index contributed by atoms with van der Waals surface area (Å²) in [5.74, 6) is 1.02. The van der Waals surface area contributed by atoms with Gasteiger partial charge in [-0.2, -0.15) is 4.98 Å². The van der Waals surface area contributed by atoms with Gasteiger partial charge in [0, 0.05) is 12.0 Å². The van der Waals surface area contributed by atoms with E-state index in [0.29, 0.717) is 31.3 Å². The summed E-state index contributed by atoms with van der Waals surface area (Å²) in [5, 5.41) is 3.88. The molecule has 3 atom stereocenters. The molecular formula is C10H15N3O4S. The van der Waals surface area contributed by atoms with Gasteiger partial charge in [0.1, 0.15) is 0 Å². The Morgan fingerprint density at radius 2 is 2.17 bits per heavy atom. The van der Waals surface area contributed by atoms with Crippen molar-refractivity contribution >= 4 is 9.84 Å². The van der Waals surface area contributed by atoms with Crippen molar-refractivity contribution in [2.75, 3.05) is 24.7 Å². The van der Waals surface area contributed by atoms with Crippen LogP contribution in [0.25, 0.3) is 0 Å². The number of rotatable bonds is 2. The van der Waals surface area contributed by atoms with Gasteiger partial charge < -0.3 is 15.0 Å². The topological polar surface area (TPSA) is 108 Å². The van der Waals surface area contributed by atoms with Gasteiger partial charge >= 0.3 is 0 Å². The Kier molecular flexibility index (Phi) is 2.87. The molecule has 18 heavy (non-hydrogen) atoms. The first-order valence-electron chi connectivity index (χ1n) is 5.92. The summed E-state index contributed by atoms with van der Waals surface area (Å²) in [6, 6.07) is -0.134. The summed E-state index contributed by atoms with van der Waals surface area (Å²) >= 11 is 0. The lowest BCUT2D eigenvalue weighted by atomic mass is 10.0. The summed E-state index contributed by atoms with van der Waals surface area (Å²) in [7, 11) is -2.94. The summed E-state index contributed by atoms with van der Waals surface area (Å²) in [6.07, 6.45) is 0.564. The fraction of sp³-hybridized carbons (Fsp3) is 0.800. The molecule has 3 rings (SSSR count). The number of aromatic nitrogens is 2. The van der Waals surface area contributed by atoms with Crippen molar-refractivity contribution < 1.29 is 17.7 Å². The van der Waals surface area contributed by atoms with E-state index in [1.54, 1.807) is 0 Å². The number of nitrogens with two attached hydrogens (primary N) is 1. The third kappa shape index (κ3) is 2.15. The molecule has 7 nitrogen and oxygen atoms in total. The van der Waals surface area contributed by atoms with Crippen LogP contribution in [0.3, 0.4) is 0 Å². The molecular weight excluding hydrogens is 258 g/mol. The Balaban J connectivity index is 1.78. The maximum Gasteiger partial charge on any atom is 0.233 e. The number of hydrogen-bond acceptors (Lipinski definition) is 7. The van der Waals surface area contributed by atoms with Gasteiger partial charge in [-0.15, -0.1) is 0 Å². The van der Waals surface area contributed by atoms with Crippen LogP contribution in [-0.2, 0) is 14.6 Å². The van der Waals surface area contributed by atoms with Gasteiger partial charge in [-0.05, 0) is 6.42 Å². The standard InChI is InChI=1S/C10H15N3O4S/c11-8-4-16-3-7(8)10-12-9(13-17-10)6-1-2-18(14,15)5-6/h6-8H,1-5,11H2. The highest BCUT2D eigenvalue weighted by Gasteiger charge is 2.35. The summed E-state index contributed by atoms with van der Waals surface area (Å²) in [5.41, 5.74) is 5.87. The second-order valence-electron chi connectivity index (χ2n) is 4.90. The van der Waals surface area contributed by atoms with Crippen LogP contribution >= 0.6 is 0 Å². The molecule has 2 fully saturated rings. The average Bonchev–Trinajstić information content (AvgIpc) is 2.97. The predicted octanol–water partition coefficient (Wildman–Crippen LogP) is -0.587. The molecule has 1 aromatic heterocycles. The molecule has 0 amide bonds. The lowest BCUT2D eigenvalue weighted by molar-refractivity contribution is 0.187. The minimum Gasteiger partial charge on any atom is -0.379 e. The van der Waals surface area contributed by atoms with Crippen molar-refractivity contribution in [1.29, 1.82) is 0 Å². The van der Waals surface area contributed by atoms with Gasteiger partial charge in [0.2, 0.25) is 5.89 Å². The SMILES string of the molecule is NC1COCC1c1nc(C2CCS(=O)(=O)C2)no1. The van der Waals surface area contributed by atoms with Gasteiger partial charge in [0.25, 0.3) is 0 Å². The third-order valence-corrected chi connectivity index (χ3v) is 5.26. The fourth-order valence-electron chi connectivity index (χ4n) is 2.39. The highest BCUT2D eigenvalue weighted by atomic mass is 32.2. The van der Waals surface area contributed by atoms with Crippen LogP contribution in [0.4, 0.5) is 0 Å². The number of hydrogen-bond donors (Lipinski definition) is 1. The quantitative estimate of drug-likeness (QED) is 0.767. The molecule has 2 aliphatic heterocycles. The molecule has 2 N–H and O–H groups in total. The van der Waals surface area contributed by atoms with Crippen LogP contribution in [0.15, 0.2) is 4.52 Å². The molecule has 100 valence electrons. The zero-order chi connectivity index (χ0) is 12.8. The van der Waals surface area contributed by atoms with Crippen LogP contribution in [-0.4, -0.2) is 49.3 Å². The molecule has 3 unspecified atom stereocenters. The summed E-state index contributed by atoms with van der Waals surface area (Å²) < 4.78 is 33.2. The second kappa shape index (κ2) is 4.29. The van der Waals surface area contributed by atoms with Crippen molar-refractivity contribution in [2.24, 2.45) is 5.73 Å². The van der Waals surface area contributed by atoms with Crippen LogP contribution < -0.4 is 5.73 Å². The predicted molar refractivity (Wildman–Crippen MR) is 61.8 cm³/mol. The fourth-order valence-corrected chi connectivity index (χ4v) is 4.13. The zero-order valence-electron chi connectivity index (χ0n) is 9.78. The third-order valence-electron chi connectivity index (χ3n) is 3.50. The molecule has 2 saturated heterocycles. The van der Waals surface area contributed by atoms with E-state index in [9.17, 15) is 8.42 Å². The van der Waals surface area contributed by atoms with Gasteiger partial charge in [0.05, 0.1) is 30.6 Å². The van der Waals surface area contributed by atoms with Crippen LogP contribution in [0.5, 0.6) is 0 Å². The number of ether oxygens (including phenoxy) is 1. The maximum atomic E-state index is 11.4. The molecule has 0 bridgehead atoms.